The first-order valence-electron chi connectivity index (χ1n) is 7.27. The van der Waals surface area contributed by atoms with Gasteiger partial charge >= 0.3 is 6.09 Å². The molecule has 128 valence electrons. The predicted octanol–water partition coefficient (Wildman–Crippen LogP) is 1.38. The number of carbonyl (C=O) groups excluding carboxylic acids is 2. The maximum atomic E-state index is 12.8. The summed E-state index contributed by atoms with van der Waals surface area (Å²) in [7, 11) is 0. The van der Waals surface area contributed by atoms with E-state index in [0.29, 0.717) is 19.3 Å². The quantitative estimate of drug-likeness (QED) is 0.573. The van der Waals surface area contributed by atoms with Crippen molar-refractivity contribution in [2.75, 3.05) is 19.6 Å². The van der Waals surface area contributed by atoms with Gasteiger partial charge in [0.05, 0.1) is 11.9 Å². The van der Waals surface area contributed by atoms with Crippen LogP contribution in [-0.4, -0.2) is 42.9 Å². The maximum absolute atomic E-state index is 12.8. The van der Waals surface area contributed by atoms with Crippen LogP contribution in [0.25, 0.3) is 0 Å². The number of alkyl carbamates (subject to hydrolysis) is 1. The van der Waals surface area contributed by atoms with Crippen LogP contribution in [0.15, 0.2) is 23.7 Å². The average molecular weight is 326 g/mol. The smallest absolute Gasteiger partial charge is 0.407 e. The van der Waals surface area contributed by atoms with Gasteiger partial charge in [-0.25, -0.2) is 9.18 Å². The summed E-state index contributed by atoms with van der Waals surface area (Å²) in [6, 6.07) is 0. The lowest BCUT2D eigenvalue weighted by molar-refractivity contribution is -0.117. The molecule has 2 amide bonds. The molecule has 0 unspecified atom stereocenters. The molecule has 0 spiro atoms. The van der Waals surface area contributed by atoms with E-state index in [1.807, 2.05) is 0 Å². The topological polar surface area (TPSA) is 103 Å². The Balaban J connectivity index is 2.44. The number of nitrogens with one attached hydrogen (secondary N) is 4. The van der Waals surface area contributed by atoms with Gasteiger partial charge in [-0.15, -0.1) is 0 Å². The highest BCUT2D eigenvalue weighted by atomic mass is 19.1. The fraction of sp³-hybridized carbons (Fsp3) is 0.533. The van der Waals surface area contributed by atoms with Crippen molar-refractivity contribution in [1.29, 1.82) is 5.41 Å². The van der Waals surface area contributed by atoms with Crippen LogP contribution >= 0.6 is 0 Å². The molecule has 8 heteroatoms. The highest BCUT2D eigenvalue weighted by Crippen LogP contribution is 2.07. The van der Waals surface area contributed by atoms with E-state index in [9.17, 15) is 14.0 Å². The van der Waals surface area contributed by atoms with E-state index in [-0.39, 0.29) is 35.9 Å². The molecule has 0 saturated carbocycles. The molecular formula is C15H23FN4O3. The Kier molecular flexibility index (Phi) is 6.74. The van der Waals surface area contributed by atoms with Gasteiger partial charge in [0.15, 0.2) is 0 Å². The largest absolute Gasteiger partial charge is 0.444 e. The van der Waals surface area contributed by atoms with Crippen LogP contribution in [0, 0.1) is 5.41 Å². The number of carbonyl (C=O) groups is 2. The Bertz CT molecular complexity index is 517. The van der Waals surface area contributed by atoms with Gasteiger partial charge in [0, 0.05) is 38.0 Å². The van der Waals surface area contributed by atoms with E-state index < -0.39 is 11.7 Å². The van der Waals surface area contributed by atoms with Gasteiger partial charge in [0.2, 0.25) is 0 Å². The SMILES string of the molecule is CC(C)(C)OC(=O)NC/C(=C\F)CN/C=C1\C(=N)CCNC1=O. The molecule has 1 aliphatic rings. The fourth-order valence-corrected chi connectivity index (χ4v) is 1.74. The molecule has 0 radical (unpaired) electrons. The Labute approximate surface area is 134 Å². The average Bonchev–Trinajstić information content (AvgIpc) is 2.43. The van der Waals surface area contributed by atoms with Gasteiger partial charge in [0.25, 0.3) is 5.91 Å². The first-order chi connectivity index (χ1) is 10.7. The minimum Gasteiger partial charge on any atom is -0.444 e. The summed E-state index contributed by atoms with van der Waals surface area (Å²) in [4.78, 5) is 23.1. The first kappa shape index (κ1) is 18.7. The van der Waals surface area contributed by atoms with Crippen LogP contribution < -0.4 is 16.0 Å². The standard InChI is InChI=1S/C15H23FN4O3/c1-15(2,3)23-14(22)20-8-10(6-16)7-18-9-11-12(17)4-5-19-13(11)21/h6,9,17-18H,4-5,7-8H2,1-3H3,(H,19,21)(H,20,22)/b10-6-,11-9+,17-12?. The van der Waals surface area contributed by atoms with E-state index in [2.05, 4.69) is 16.0 Å². The zero-order valence-electron chi connectivity index (χ0n) is 13.6. The van der Waals surface area contributed by atoms with Gasteiger partial charge in [-0.2, -0.15) is 0 Å². The number of piperidine rings is 1. The summed E-state index contributed by atoms with van der Waals surface area (Å²) in [6.45, 7) is 5.72. The highest BCUT2D eigenvalue weighted by molar-refractivity contribution is 6.21. The van der Waals surface area contributed by atoms with Crippen LogP contribution in [0.1, 0.15) is 27.2 Å². The molecule has 1 aliphatic heterocycles. The third-order valence-electron chi connectivity index (χ3n) is 2.82. The van der Waals surface area contributed by atoms with Crippen molar-refractivity contribution >= 4 is 17.7 Å². The van der Waals surface area contributed by atoms with Crippen molar-refractivity contribution in [1.82, 2.24) is 16.0 Å². The summed E-state index contributed by atoms with van der Waals surface area (Å²) in [5.74, 6) is -0.327. The molecule has 1 heterocycles. The summed E-state index contributed by atoms with van der Waals surface area (Å²) in [5.41, 5.74) is 0.116. The van der Waals surface area contributed by atoms with Crippen molar-refractivity contribution < 1.29 is 18.7 Å². The number of hydrogen-bond acceptors (Lipinski definition) is 5. The number of ether oxygens (including phenoxy) is 1. The molecule has 0 bridgehead atoms. The molecule has 7 nitrogen and oxygen atoms in total. The summed E-state index contributed by atoms with van der Waals surface area (Å²) >= 11 is 0. The molecule has 0 aromatic heterocycles. The second-order valence-electron chi connectivity index (χ2n) is 6.05. The Hall–Kier alpha value is -2.38. The third-order valence-corrected chi connectivity index (χ3v) is 2.82. The van der Waals surface area contributed by atoms with E-state index >= 15 is 0 Å². The van der Waals surface area contributed by atoms with E-state index in [1.54, 1.807) is 20.8 Å². The molecule has 0 atom stereocenters. The summed E-state index contributed by atoms with van der Waals surface area (Å²) in [6.07, 6.45) is 1.59. The second-order valence-corrected chi connectivity index (χ2v) is 6.05. The van der Waals surface area contributed by atoms with E-state index in [0.717, 1.165) is 0 Å². The van der Waals surface area contributed by atoms with E-state index in [1.165, 1.54) is 6.20 Å². The molecule has 0 aliphatic carbocycles. The number of rotatable bonds is 5. The third kappa shape index (κ3) is 6.94. The minimum absolute atomic E-state index is 0.0226. The van der Waals surface area contributed by atoms with Crippen molar-refractivity contribution in [2.24, 2.45) is 0 Å². The Morgan fingerprint density at radius 1 is 1.43 bits per heavy atom. The molecule has 23 heavy (non-hydrogen) atoms. The predicted molar refractivity (Wildman–Crippen MR) is 84.9 cm³/mol. The van der Waals surface area contributed by atoms with Crippen molar-refractivity contribution in [3.05, 3.63) is 23.7 Å². The molecule has 0 aromatic rings. The lowest BCUT2D eigenvalue weighted by Crippen LogP contribution is -2.37. The second kappa shape index (κ2) is 8.30. The van der Waals surface area contributed by atoms with Crippen LogP contribution in [0.3, 0.4) is 0 Å². The maximum Gasteiger partial charge on any atom is 0.407 e. The summed E-state index contributed by atoms with van der Waals surface area (Å²) in [5, 5.41) is 15.5. The molecule has 1 fully saturated rings. The Morgan fingerprint density at radius 2 is 2.13 bits per heavy atom. The normalized spacial score (nSPS) is 17.7. The molecule has 1 rings (SSSR count). The van der Waals surface area contributed by atoms with Crippen LogP contribution in [-0.2, 0) is 9.53 Å². The van der Waals surface area contributed by atoms with Gasteiger partial charge in [-0.3, -0.25) is 4.79 Å². The van der Waals surface area contributed by atoms with Crippen molar-refractivity contribution in [2.45, 2.75) is 32.8 Å². The number of amides is 2. The van der Waals surface area contributed by atoms with Crippen LogP contribution in [0.5, 0.6) is 0 Å². The molecule has 1 saturated heterocycles. The lowest BCUT2D eigenvalue weighted by atomic mass is 10.0. The summed E-state index contributed by atoms with van der Waals surface area (Å²) < 4.78 is 17.9. The molecular weight excluding hydrogens is 303 g/mol. The van der Waals surface area contributed by atoms with Gasteiger partial charge < -0.3 is 26.1 Å². The molecule has 0 aromatic carbocycles. The van der Waals surface area contributed by atoms with Crippen LogP contribution in [0.2, 0.25) is 0 Å². The fourth-order valence-electron chi connectivity index (χ4n) is 1.74. The first-order valence-corrected chi connectivity index (χ1v) is 7.27. The van der Waals surface area contributed by atoms with Crippen molar-refractivity contribution in [3.63, 3.8) is 0 Å². The lowest BCUT2D eigenvalue weighted by Gasteiger charge is -2.20. The monoisotopic (exact) mass is 326 g/mol. The van der Waals surface area contributed by atoms with Gasteiger partial charge in [0.1, 0.15) is 5.60 Å². The zero-order valence-corrected chi connectivity index (χ0v) is 13.6. The zero-order chi connectivity index (χ0) is 17.5. The number of hydrogen-bond donors (Lipinski definition) is 4. The van der Waals surface area contributed by atoms with Crippen molar-refractivity contribution in [3.8, 4) is 0 Å². The van der Waals surface area contributed by atoms with Gasteiger partial charge in [-0.1, -0.05) is 0 Å². The number of halogens is 1. The van der Waals surface area contributed by atoms with Crippen LogP contribution in [0.4, 0.5) is 9.18 Å². The minimum atomic E-state index is -0.636. The van der Waals surface area contributed by atoms with Gasteiger partial charge in [-0.05, 0) is 26.3 Å². The molecule has 4 N–H and O–H groups in total. The van der Waals surface area contributed by atoms with E-state index in [4.69, 9.17) is 10.1 Å². The Morgan fingerprint density at radius 3 is 2.70 bits per heavy atom. The highest BCUT2D eigenvalue weighted by Gasteiger charge is 2.19.